The number of aliphatic imine (C=N–C) groups is 1. The quantitative estimate of drug-likeness (QED) is 0.410. The minimum absolute atomic E-state index is 0. The first-order valence-electron chi connectivity index (χ1n) is 6.42. The highest BCUT2D eigenvalue weighted by molar-refractivity contribution is 14.0. The molecule has 1 unspecified atom stereocenters. The van der Waals surface area contributed by atoms with Gasteiger partial charge in [-0.2, -0.15) is 0 Å². The molecule has 5 nitrogen and oxygen atoms in total. The van der Waals surface area contributed by atoms with Crippen LogP contribution in [0.1, 0.15) is 25.8 Å². The number of halogens is 1. The molecule has 0 heterocycles. The molecule has 1 amide bonds. The molecule has 0 fully saturated rings. The fourth-order valence-electron chi connectivity index (χ4n) is 1.48. The molecule has 0 saturated carbocycles. The molecular formula is C14H23IN4O. The van der Waals surface area contributed by atoms with Crippen molar-refractivity contribution < 1.29 is 4.79 Å². The first-order chi connectivity index (χ1) is 9.06. The van der Waals surface area contributed by atoms with Crippen molar-refractivity contribution in [2.24, 2.45) is 16.6 Å². The average molecular weight is 390 g/mol. The lowest BCUT2D eigenvalue weighted by Gasteiger charge is -2.11. The molecule has 1 aromatic rings. The van der Waals surface area contributed by atoms with Crippen molar-refractivity contribution in [1.82, 2.24) is 5.32 Å². The molecule has 6 heteroatoms. The third kappa shape index (κ3) is 6.23. The highest BCUT2D eigenvalue weighted by Crippen LogP contribution is 2.12. The van der Waals surface area contributed by atoms with E-state index in [2.05, 4.69) is 15.6 Å². The van der Waals surface area contributed by atoms with Crippen molar-refractivity contribution in [3.8, 4) is 0 Å². The van der Waals surface area contributed by atoms with Crippen molar-refractivity contribution in [3.63, 3.8) is 0 Å². The maximum Gasteiger partial charge on any atom is 0.227 e. The summed E-state index contributed by atoms with van der Waals surface area (Å²) in [6, 6.07) is 7.68. The number of carbonyl (C=O) groups is 1. The van der Waals surface area contributed by atoms with Crippen LogP contribution in [0.3, 0.4) is 0 Å². The number of amides is 1. The van der Waals surface area contributed by atoms with Crippen molar-refractivity contribution >= 4 is 41.5 Å². The summed E-state index contributed by atoms with van der Waals surface area (Å²) in [5.74, 6) is 0.459. The van der Waals surface area contributed by atoms with Crippen LogP contribution < -0.4 is 16.4 Å². The molecule has 1 aromatic carbocycles. The number of nitrogens with one attached hydrogen (secondary N) is 2. The zero-order valence-corrected chi connectivity index (χ0v) is 14.5. The van der Waals surface area contributed by atoms with Crippen molar-refractivity contribution in [1.29, 1.82) is 0 Å². The van der Waals surface area contributed by atoms with Gasteiger partial charge in [-0.3, -0.25) is 9.79 Å². The molecule has 0 aliphatic carbocycles. The van der Waals surface area contributed by atoms with Crippen LogP contribution in [0, 0.1) is 5.92 Å². The van der Waals surface area contributed by atoms with Gasteiger partial charge < -0.3 is 16.4 Å². The summed E-state index contributed by atoms with van der Waals surface area (Å²) in [7, 11) is 1.63. The van der Waals surface area contributed by atoms with Gasteiger partial charge in [0, 0.05) is 25.2 Å². The number of carbonyl (C=O) groups excluding carboxylic acids is 1. The fraction of sp³-hybridized carbons (Fsp3) is 0.429. The first-order valence-corrected chi connectivity index (χ1v) is 6.42. The van der Waals surface area contributed by atoms with E-state index in [4.69, 9.17) is 5.73 Å². The van der Waals surface area contributed by atoms with Crippen LogP contribution in [0.4, 0.5) is 5.69 Å². The maximum atomic E-state index is 11.8. The van der Waals surface area contributed by atoms with Gasteiger partial charge >= 0.3 is 0 Å². The molecule has 0 aliphatic rings. The Hall–Kier alpha value is -1.31. The van der Waals surface area contributed by atoms with Crippen LogP contribution in [0.25, 0.3) is 0 Å². The van der Waals surface area contributed by atoms with Crippen molar-refractivity contribution in [2.45, 2.75) is 26.8 Å². The monoisotopic (exact) mass is 390 g/mol. The number of nitrogens with zero attached hydrogens (tertiary/aromatic N) is 1. The molecule has 0 spiro atoms. The van der Waals surface area contributed by atoms with Crippen LogP contribution in [0.15, 0.2) is 29.3 Å². The Bertz CT molecular complexity index is 462. The van der Waals surface area contributed by atoms with Crippen LogP contribution in [-0.2, 0) is 11.3 Å². The number of guanidine groups is 1. The second-order valence-electron chi connectivity index (χ2n) is 4.46. The van der Waals surface area contributed by atoms with Gasteiger partial charge in [0.05, 0.1) is 0 Å². The van der Waals surface area contributed by atoms with Gasteiger partial charge in [0.15, 0.2) is 5.96 Å². The Morgan fingerprint density at radius 3 is 2.75 bits per heavy atom. The van der Waals surface area contributed by atoms with Gasteiger partial charge in [0.1, 0.15) is 0 Å². The second kappa shape index (κ2) is 9.57. The molecule has 0 bridgehead atoms. The molecule has 1 atom stereocenters. The number of rotatable bonds is 5. The number of hydrogen-bond donors (Lipinski definition) is 3. The van der Waals surface area contributed by atoms with Crippen LogP contribution in [0.2, 0.25) is 0 Å². The average Bonchev–Trinajstić information content (AvgIpc) is 2.44. The minimum Gasteiger partial charge on any atom is -0.370 e. The Kier molecular flexibility index (Phi) is 8.94. The van der Waals surface area contributed by atoms with E-state index in [1.807, 2.05) is 38.1 Å². The van der Waals surface area contributed by atoms with Crippen LogP contribution >= 0.6 is 24.0 Å². The molecule has 20 heavy (non-hydrogen) atoms. The smallest absolute Gasteiger partial charge is 0.227 e. The third-order valence-electron chi connectivity index (χ3n) is 2.97. The number of anilines is 1. The molecule has 0 aromatic heterocycles. The first kappa shape index (κ1) is 18.7. The number of benzene rings is 1. The Labute approximate surface area is 137 Å². The van der Waals surface area contributed by atoms with Crippen LogP contribution in [0.5, 0.6) is 0 Å². The predicted octanol–water partition coefficient (Wildman–Crippen LogP) is 2.32. The van der Waals surface area contributed by atoms with Gasteiger partial charge in [-0.25, -0.2) is 0 Å². The largest absolute Gasteiger partial charge is 0.370 e. The zero-order chi connectivity index (χ0) is 14.3. The van der Waals surface area contributed by atoms with E-state index in [1.54, 1.807) is 7.05 Å². The predicted molar refractivity (Wildman–Crippen MR) is 94.3 cm³/mol. The van der Waals surface area contributed by atoms with E-state index < -0.39 is 0 Å². The lowest BCUT2D eigenvalue weighted by atomic mass is 10.1. The van der Waals surface area contributed by atoms with E-state index in [0.717, 1.165) is 17.7 Å². The summed E-state index contributed by atoms with van der Waals surface area (Å²) in [5, 5.41) is 5.88. The summed E-state index contributed by atoms with van der Waals surface area (Å²) in [6.45, 7) is 4.49. The standard InChI is InChI=1S/C14H22N4O.HI/c1-4-10(2)13(19)18-12-7-5-6-11(8-12)9-17-14(15)16-3;/h5-8,10H,4,9H2,1-3H3,(H,18,19)(H3,15,16,17);1H. The summed E-state index contributed by atoms with van der Waals surface area (Å²) in [4.78, 5) is 15.6. The zero-order valence-electron chi connectivity index (χ0n) is 12.1. The number of nitrogens with two attached hydrogens (primary N) is 1. The van der Waals surface area contributed by atoms with E-state index in [9.17, 15) is 4.79 Å². The maximum absolute atomic E-state index is 11.8. The van der Waals surface area contributed by atoms with Gasteiger partial charge in [-0.05, 0) is 24.1 Å². The van der Waals surface area contributed by atoms with Gasteiger partial charge in [0.25, 0.3) is 0 Å². The highest BCUT2D eigenvalue weighted by Gasteiger charge is 2.10. The molecule has 0 aliphatic heterocycles. The lowest BCUT2D eigenvalue weighted by Crippen LogP contribution is -2.30. The summed E-state index contributed by atoms with van der Waals surface area (Å²) in [6.07, 6.45) is 0.830. The van der Waals surface area contributed by atoms with Gasteiger partial charge in [-0.15, -0.1) is 24.0 Å². The van der Waals surface area contributed by atoms with E-state index in [0.29, 0.717) is 12.5 Å². The summed E-state index contributed by atoms with van der Waals surface area (Å²) in [5.41, 5.74) is 7.40. The van der Waals surface area contributed by atoms with E-state index in [-0.39, 0.29) is 35.8 Å². The Morgan fingerprint density at radius 2 is 2.15 bits per heavy atom. The van der Waals surface area contributed by atoms with E-state index in [1.165, 1.54) is 0 Å². The minimum atomic E-state index is 0. The Balaban J connectivity index is 0.00000361. The Morgan fingerprint density at radius 1 is 1.45 bits per heavy atom. The van der Waals surface area contributed by atoms with Crippen LogP contribution in [-0.4, -0.2) is 18.9 Å². The van der Waals surface area contributed by atoms with Crippen molar-refractivity contribution in [2.75, 3.05) is 12.4 Å². The van der Waals surface area contributed by atoms with Gasteiger partial charge in [-0.1, -0.05) is 26.0 Å². The summed E-state index contributed by atoms with van der Waals surface area (Å²) >= 11 is 0. The van der Waals surface area contributed by atoms with Crippen molar-refractivity contribution in [3.05, 3.63) is 29.8 Å². The normalized spacial score (nSPS) is 12.2. The molecule has 112 valence electrons. The summed E-state index contributed by atoms with van der Waals surface area (Å²) < 4.78 is 0. The molecule has 0 saturated heterocycles. The number of hydrogen-bond acceptors (Lipinski definition) is 2. The molecule has 1 rings (SSSR count). The van der Waals surface area contributed by atoms with E-state index >= 15 is 0 Å². The third-order valence-corrected chi connectivity index (χ3v) is 2.97. The fourth-order valence-corrected chi connectivity index (χ4v) is 1.48. The topological polar surface area (TPSA) is 79.5 Å². The SMILES string of the molecule is CCC(C)C(=O)Nc1cccc(CNC(N)=NC)c1.I. The second-order valence-corrected chi connectivity index (χ2v) is 4.46. The molecular weight excluding hydrogens is 367 g/mol. The van der Waals surface area contributed by atoms with Gasteiger partial charge in [0.2, 0.25) is 5.91 Å². The molecule has 4 N–H and O–H groups in total. The lowest BCUT2D eigenvalue weighted by molar-refractivity contribution is -0.119. The highest BCUT2D eigenvalue weighted by atomic mass is 127. The molecule has 0 radical (unpaired) electrons.